The Morgan fingerprint density at radius 3 is 1.89 bits per heavy atom. The van der Waals surface area contributed by atoms with Crippen LogP contribution in [0.3, 0.4) is 0 Å². The highest BCUT2D eigenvalue weighted by molar-refractivity contribution is 5.92. The third kappa shape index (κ3) is 6.73. The van der Waals surface area contributed by atoms with Gasteiger partial charge in [-0.15, -0.1) is 0 Å². The summed E-state index contributed by atoms with van der Waals surface area (Å²) in [5.74, 6) is -0.0451. The largest absolute Gasteiger partial charge is 0.497 e. The van der Waals surface area contributed by atoms with Crippen LogP contribution in [0, 0.1) is 0 Å². The minimum atomic E-state index is -0.593. The van der Waals surface area contributed by atoms with Crippen molar-refractivity contribution in [1.82, 2.24) is 0 Å². The molecule has 0 heterocycles. The van der Waals surface area contributed by atoms with Crippen LogP contribution in [0.4, 0.5) is 0 Å². The zero-order chi connectivity index (χ0) is 27.1. The van der Waals surface area contributed by atoms with Crippen LogP contribution in [0.5, 0.6) is 23.0 Å². The van der Waals surface area contributed by atoms with Gasteiger partial charge in [-0.3, -0.25) is 0 Å². The van der Waals surface area contributed by atoms with Crippen molar-refractivity contribution in [2.45, 2.75) is 6.92 Å². The van der Waals surface area contributed by atoms with E-state index in [0.717, 1.165) is 22.1 Å². The Bertz CT molecular complexity index is 1530. The van der Waals surface area contributed by atoms with E-state index in [-0.39, 0.29) is 22.6 Å². The van der Waals surface area contributed by atoms with Crippen molar-refractivity contribution < 1.29 is 33.3 Å². The van der Waals surface area contributed by atoms with Crippen molar-refractivity contribution >= 4 is 34.8 Å². The van der Waals surface area contributed by atoms with Crippen LogP contribution in [-0.2, 0) is 9.59 Å². The molecule has 4 aromatic carbocycles. The van der Waals surface area contributed by atoms with E-state index in [9.17, 15) is 14.4 Å². The van der Waals surface area contributed by atoms with Gasteiger partial charge < -0.3 is 18.9 Å². The molecule has 38 heavy (non-hydrogen) atoms. The van der Waals surface area contributed by atoms with Crippen molar-refractivity contribution in [3.63, 3.8) is 0 Å². The fraction of sp³-hybridized carbons (Fsp3) is 0.0645. The van der Waals surface area contributed by atoms with Gasteiger partial charge in [0.2, 0.25) is 0 Å². The van der Waals surface area contributed by atoms with E-state index in [0.29, 0.717) is 5.75 Å². The molecule has 0 spiro atoms. The van der Waals surface area contributed by atoms with Gasteiger partial charge >= 0.3 is 17.9 Å². The number of methoxy groups -OCH3 is 1. The van der Waals surface area contributed by atoms with Crippen molar-refractivity contribution in [3.05, 3.63) is 114 Å². The third-order valence-corrected chi connectivity index (χ3v) is 5.39. The Morgan fingerprint density at radius 1 is 0.684 bits per heavy atom. The van der Waals surface area contributed by atoms with E-state index in [2.05, 4.69) is 6.58 Å². The summed E-state index contributed by atoms with van der Waals surface area (Å²) in [6.07, 6.45) is 3.02. The standard InChI is InChI=1S/C31H24O7/c1-20(2)30(33)37-26-10-7-22(8-11-26)31(34)38-27-15-13-25(14-16-27)36-29(32)17-5-21-4-6-24-19-28(35-3)12-9-23(24)18-21/h4-19H,1H2,2-3H3/b17-5+. The minimum absolute atomic E-state index is 0.269. The summed E-state index contributed by atoms with van der Waals surface area (Å²) in [6, 6.07) is 23.6. The van der Waals surface area contributed by atoms with E-state index in [1.807, 2.05) is 36.4 Å². The van der Waals surface area contributed by atoms with Crippen LogP contribution in [-0.4, -0.2) is 25.0 Å². The summed E-state index contributed by atoms with van der Waals surface area (Å²) in [6.45, 7) is 5.06. The van der Waals surface area contributed by atoms with Crippen LogP contribution in [0.15, 0.2) is 103 Å². The normalized spacial score (nSPS) is 10.7. The Kier molecular flexibility index (Phi) is 7.98. The number of carbonyl (C=O) groups is 3. The van der Waals surface area contributed by atoms with Crippen LogP contribution in [0.1, 0.15) is 22.8 Å². The highest BCUT2D eigenvalue weighted by Crippen LogP contribution is 2.23. The first-order chi connectivity index (χ1) is 18.3. The number of fused-ring (bicyclic) bond motifs is 1. The van der Waals surface area contributed by atoms with Crippen molar-refractivity contribution in [3.8, 4) is 23.0 Å². The lowest BCUT2D eigenvalue weighted by atomic mass is 10.1. The quantitative estimate of drug-likeness (QED) is 0.160. The van der Waals surface area contributed by atoms with Crippen LogP contribution >= 0.6 is 0 Å². The molecular weight excluding hydrogens is 484 g/mol. The molecule has 190 valence electrons. The molecule has 4 rings (SSSR count). The number of carbonyl (C=O) groups excluding carboxylic acids is 3. The lowest BCUT2D eigenvalue weighted by Crippen LogP contribution is -2.10. The molecule has 0 aliphatic rings. The third-order valence-electron chi connectivity index (χ3n) is 5.39. The van der Waals surface area contributed by atoms with Gasteiger partial charge in [0.05, 0.1) is 12.7 Å². The average molecular weight is 509 g/mol. The lowest BCUT2D eigenvalue weighted by molar-refractivity contribution is -0.130. The van der Waals surface area contributed by atoms with E-state index >= 15 is 0 Å². The second-order valence-electron chi connectivity index (χ2n) is 8.28. The van der Waals surface area contributed by atoms with E-state index < -0.39 is 17.9 Å². The summed E-state index contributed by atoms with van der Waals surface area (Å²) in [7, 11) is 1.62. The van der Waals surface area contributed by atoms with Gasteiger partial charge in [0.15, 0.2) is 0 Å². The summed E-state index contributed by atoms with van der Waals surface area (Å²) in [5, 5.41) is 2.06. The fourth-order valence-electron chi connectivity index (χ4n) is 3.38. The predicted octanol–water partition coefficient (Wildman–Crippen LogP) is 6.17. The van der Waals surface area contributed by atoms with E-state index in [1.165, 1.54) is 54.6 Å². The molecule has 0 radical (unpaired) electrons. The van der Waals surface area contributed by atoms with Gasteiger partial charge in [-0.1, -0.05) is 24.8 Å². The molecular formula is C31H24O7. The summed E-state index contributed by atoms with van der Waals surface area (Å²) in [5.41, 5.74) is 1.39. The average Bonchev–Trinajstić information content (AvgIpc) is 2.92. The molecule has 0 aliphatic heterocycles. The van der Waals surface area contributed by atoms with E-state index in [1.54, 1.807) is 20.1 Å². The maximum atomic E-state index is 12.4. The predicted molar refractivity (Wildman–Crippen MR) is 143 cm³/mol. The molecule has 0 aromatic heterocycles. The number of rotatable bonds is 8. The van der Waals surface area contributed by atoms with Crippen LogP contribution < -0.4 is 18.9 Å². The smallest absolute Gasteiger partial charge is 0.343 e. The Morgan fingerprint density at radius 2 is 1.24 bits per heavy atom. The van der Waals surface area contributed by atoms with Crippen LogP contribution in [0.2, 0.25) is 0 Å². The SMILES string of the molecule is C=C(C)C(=O)Oc1ccc(C(=O)Oc2ccc(OC(=O)/C=C/c3ccc4cc(OC)ccc4c3)cc2)cc1. The lowest BCUT2D eigenvalue weighted by Gasteiger charge is -2.07. The molecule has 0 amide bonds. The summed E-state index contributed by atoms with van der Waals surface area (Å²) >= 11 is 0. The molecule has 0 atom stereocenters. The Labute approximate surface area is 219 Å². The van der Waals surface area contributed by atoms with Crippen molar-refractivity contribution in [2.24, 2.45) is 0 Å². The van der Waals surface area contributed by atoms with Gasteiger partial charge in [0, 0.05) is 11.6 Å². The molecule has 0 saturated heterocycles. The minimum Gasteiger partial charge on any atom is -0.497 e. The van der Waals surface area contributed by atoms with Gasteiger partial charge in [-0.05, 0) is 96.1 Å². The Balaban J connectivity index is 1.31. The number of esters is 3. The Hall–Kier alpha value is -5.17. The first kappa shape index (κ1) is 25.9. The molecule has 0 unspecified atom stereocenters. The second-order valence-corrected chi connectivity index (χ2v) is 8.28. The molecule has 7 nitrogen and oxygen atoms in total. The molecule has 0 fully saturated rings. The molecule has 0 bridgehead atoms. The maximum absolute atomic E-state index is 12.4. The molecule has 4 aromatic rings. The molecule has 7 heteroatoms. The number of ether oxygens (including phenoxy) is 4. The topological polar surface area (TPSA) is 88.1 Å². The fourth-order valence-corrected chi connectivity index (χ4v) is 3.38. The van der Waals surface area contributed by atoms with E-state index in [4.69, 9.17) is 18.9 Å². The van der Waals surface area contributed by atoms with Crippen molar-refractivity contribution in [2.75, 3.05) is 7.11 Å². The van der Waals surface area contributed by atoms with Crippen molar-refractivity contribution in [1.29, 1.82) is 0 Å². The second kappa shape index (κ2) is 11.7. The number of hydrogen-bond donors (Lipinski definition) is 0. The van der Waals surface area contributed by atoms with Gasteiger partial charge in [-0.25, -0.2) is 14.4 Å². The summed E-state index contributed by atoms with van der Waals surface area (Å²) in [4.78, 5) is 36.3. The zero-order valence-electron chi connectivity index (χ0n) is 20.8. The first-order valence-corrected chi connectivity index (χ1v) is 11.6. The first-order valence-electron chi connectivity index (χ1n) is 11.6. The van der Waals surface area contributed by atoms with Gasteiger partial charge in [0.25, 0.3) is 0 Å². The highest BCUT2D eigenvalue weighted by Gasteiger charge is 2.11. The molecule has 0 N–H and O–H groups in total. The zero-order valence-corrected chi connectivity index (χ0v) is 20.8. The molecule has 0 saturated carbocycles. The monoisotopic (exact) mass is 508 g/mol. The maximum Gasteiger partial charge on any atom is 0.343 e. The highest BCUT2D eigenvalue weighted by atomic mass is 16.5. The summed E-state index contributed by atoms with van der Waals surface area (Å²) < 4.78 is 21.0. The van der Waals surface area contributed by atoms with Gasteiger partial charge in [0.1, 0.15) is 23.0 Å². The number of benzene rings is 4. The molecule has 0 aliphatic carbocycles. The van der Waals surface area contributed by atoms with Crippen LogP contribution in [0.25, 0.3) is 16.8 Å². The van der Waals surface area contributed by atoms with Gasteiger partial charge in [-0.2, -0.15) is 0 Å². The number of hydrogen-bond acceptors (Lipinski definition) is 7.